The molecule has 2 aromatic carbocycles. The fourth-order valence-corrected chi connectivity index (χ4v) is 2.32. The molecule has 0 aromatic heterocycles. The van der Waals surface area contributed by atoms with Crippen LogP contribution in [0.2, 0.25) is 5.02 Å². The zero-order chi connectivity index (χ0) is 14.1. The molecule has 0 radical (unpaired) electrons. The zero-order valence-electron chi connectivity index (χ0n) is 10.8. The van der Waals surface area contributed by atoms with Crippen molar-refractivity contribution in [2.75, 3.05) is 0 Å². The first-order chi connectivity index (χ1) is 9.65. The third-order valence-corrected chi connectivity index (χ3v) is 3.53. The SMILES string of the molecule is N/C(=C1/C=c2ccccc2=CN1N)c1ccc(Cl)cc1. The molecule has 1 heterocycles. The Hall–Kier alpha value is -2.23. The summed E-state index contributed by atoms with van der Waals surface area (Å²) in [6.07, 6.45) is 3.85. The molecule has 1 aliphatic rings. The molecule has 0 bridgehead atoms. The summed E-state index contributed by atoms with van der Waals surface area (Å²) < 4.78 is 0. The molecule has 0 atom stereocenters. The second-order valence-electron chi connectivity index (χ2n) is 4.62. The maximum absolute atomic E-state index is 6.23. The topological polar surface area (TPSA) is 55.3 Å². The third kappa shape index (κ3) is 2.29. The summed E-state index contributed by atoms with van der Waals surface area (Å²) in [7, 11) is 0. The van der Waals surface area contributed by atoms with E-state index in [0.29, 0.717) is 10.7 Å². The molecule has 0 fully saturated rings. The average molecular weight is 284 g/mol. The second-order valence-corrected chi connectivity index (χ2v) is 5.05. The lowest BCUT2D eigenvalue weighted by Gasteiger charge is -2.21. The smallest absolute Gasteiger partial charge is 0.0810 e. The normalized spacial score (nSPS) is 16.0. The number of benzene rings is 2. The van der Waals surface area contributed by atoms with Gasteiger partial charge in [0.1, 0.15) is 0 Å². The van der Waals surface area contributed by atoms with Gasteiger partial charge >= 0.3 is 0 Å². The van der Waals surface area contributed by atoms with Gasteiger partial charge in [-0.2, -0.15) is 0 Å². The maximum atomic E-state index is 6.23. The molecule has 0 amide bonds. The zero-order valence-corrected chi connectivity index (χ0v) is 11.5. The summed E-state index contributed by atoms with van der Waals surface area (Å²) in [5, 5.41) is 4.40. The van der Waals surface area contributed by atoms with E-state index in [4.69, 9.17) is 23.2 Å². The highest BCUT2D eigenvalue weighted by atomic mass is 35.5. The highest BCUT2D eigenvalue weighted by Gasteiger charge is 2.11. The molecule has 0 saturated carbocycles. The minimum atomic E-state index is 0.620. The van der Waals surface area contributed by atoms with Crippen LogP contribution < -0.4 is 22.0 Å². The van der Waals surface area contributed by atoms with E-state index in [9.17, 15) is 0 Å². The lowest BCUT2D eigenvalue weighted by molar-refractivity contribution is 0.559. The third-order valence-electron chi connectivity index (χ3n) is 3.28. The number of rotatable bonds is 1. The van der Waals surface area contributed by atoms with Gasteiger partial charge in [-0.1, -0.05) is 48.0 Å². The minimum Gasteiger partial charge on any atom is -0.397 e. The van der Waals surface area contributed by atoms with Crippen LogP contribution in [-0.2, 0) is 0 Å². The summed E-state index contributed by atoms with van der Waals surface area (Å²) in [4.78, 5) is 0. The first-order valence-corrected chi connectivity index (χ1v) is 6.61. The minimum absolute atomic E-state index is 0.620. The number of halogens is 1. The molecule has 3 rings (SSSR count). The van der Waals surface area contributed by atoms with Gasteiger partial charge in [0.05, 0.1) is 11.4 Å². The number of hydrogen-bond acceptors (Lipinski definition) is 3. The van der Waals surface area contributed by atoms with Gasteiger partial charge in [-0.05, 0) is 34.2 Å². The van der Waals surface area contributed by atoms with Crippen LogP contribution in [-0.4, -0.2) is 5.01 Å². The summed E-state index contributed by atoms with van der Waals surface area (Å²) in [6.45, 7) is 0. The quantitative estimate of drug-likeness (QED) is 0.778. The van der Waals surface area contributed by atoms with Crippen molar-refractivity contribution in [3.63, 3.8) is 0 Å². The summed E-state index contributed by atoms with van der Waals surface area (Å²) in [5.41, 5.74) is 8.51. The number of nitrogens with zero attached hydrogens (tertiary/aromatic N) is 1. The van der Waals surface area contributed by atoms with Crippen LogP contribution in [0.3, 0.4) is 0 Å². The Morgan fingerprint density at radius 1 is 0.950 bits per heavy atom. The maximum Gasteiger partial charge on any atom is 0.0810 e. The van der Waals surface area contributed by atoms with Gasteiger partial charge in [0.25, 0.3) is 0 Å². The van der Waals surface area contributed by atoms with Crippen molar-refractivity contribution in [3.8, 4) is 0 Å². The van der Waals surface area contributed by atoms with E-state index in [-0.39, 0.29) is 0 Å². The monoisotopic (exact) mass is 283 g/mol. The van der Waals surface area contributed by atoms with Gasteiger partial charge in [-0.15, -0.1) is 0 Å². The van der Waals surface area contributed by atoms with Crippen molar-refractivity contribution >= 4 is 29.6 Å². The summed E-state index contributed by atoms with van der Waals surface area (Å²) in [6, 6.07) is 15.4. The Balaban J connectivity index is 2.16. The predicted molar refractivity (Wildman–Crippen MR) is 83.2 cm³/mol. The second kappa shape index (κ2) is 5.04. The van der Waals surface area contributed by atoms with Gasteiger partial charge in [0, 0.05) is 11.2 Å². The molecule has 0 aliphatic carbocycles. The Morgan fingerprint density at radius 2 is 1.60 bits per heavy atom. The molecule has 20 heavy (non-hydrogen) atoms. The van der Waals surface area contributed by atoms with Crippen molar-refractivity contribution in [3.05, 3.63) is 75.3 Å². The van der Waals surface area contributed by atoms with Crippen LogP contribution in [0, 0.1) is 0 Å². The molecular formula is C16H14ClN3. The van der Waals surface area contributed by atoms with Crippen LogP contribution in [0.5, 0.6) is 0 Å². The van der Waals surface area contributed by atoms with Crippen LogP contribution >= 0.6 is 11.6 Å². The molecule has 0 unspecified atom stereocenters. The Bertz CT molecular complexity index is 791. The van der Waals surface area contributed by atoms with Crippen LogP contribution in [0.15, 0.2) is 54.2 Å². The van der Waals surface area contributed by atoms with Gasteiger partial charge in [0.2, 0.25) is 0 Å². The van der Waals surface area contributed by atoms with E-state index >= 15 is 0 Å². The molecule has 0 saturated heterocycles. The Labute approximate surface area is 122 Å². The van der Waals surface area contributed by atoms with Gasteiger partial charge in [-0.3, -0.25) is 5.01 Å². The Morgan fingerprint density at radius 3 is 2.30 bits per heavy atom. The number of hydrogen-bond donors (Lipinski definition) is 2. The molecule has 0 spiro atoms. The van der Waals surface area contributed by atoms with Gasteiger partial charge in [-0.25, -0.2) is 5.84 Å². The lowest BCUT2D eigenvalue weighted by Crippen LogP contribution is -2.38. The number of fused-ring (bicyclic) bond motifs is 1. The molecular weight excluding hydrogens is 270 g/mol. The first kappa shape index (κ1) is 12.8. The lowest BCUT2D eigenvalue weighted by atomic mass is 10.1. The molecule has 100 valence electrons. The highest BCUT2D eigenvalue weighted by molar-refractivity contribution is 6.30. The average Bonchev–Trinajstić information content (AvgIpc) is 2.46. The fraction of sp³-hybridized carbons (Fsp3) is 0. The van der Waals surface area contributed by atoms with E-state index < -0.39 is 0 Å². The molecule has 4 N–H and O–H groups in total. The molecule has 1 aliphatic heterocycles. The Kier molecular flexibility index (Phi) is 3.22. The van der Waals surface area contributed by atoms with Crippen molar-refractivity contribution in [2.24, 2.45) is 11.6 Å². The highest BCUT2D eigenvalue weighted by Crippen LogP contribution is 2.19. The summed E-state index contributed by atoms with van der Waals surface area (Å²) >= 11 is 5.89. The molecule has 3 nitrogen and oxygen atoms in total. The number of allylic oxidation sites excluding steroid dienone is 1. The fourth-order valence-electron chi connectivity index (χ4n) is 2.20. The molecule has 2 aromatic rings. The van der Waals surface area contributed by atoms with Crippen LogP contribution in [0.4, 0.5) is 0 Å². The largest absolute Gasteiger partial charge is 0.397 e. The van der Waals surface area contributed by atoms with Crippen molar-refractivity contribution in [1.82, 2.24) is 5.01 Å². The predicted octanol–water partition coefficient (Wildman–Crippen LogP) is 1.38. The van der Waals surface area contributed by atoms with Crippen molar-refractivity contribution < 1.29 is 0 Å². The van der Waals surface area contributed by atoms with Crippen LogP contribution in [0.1, 0.15) is 5.56 Å². The van der Waals surface area contributed by atoms with E-state index in [1.165, 1.54) is 0 Å². The van der Waals surface area contributed by atoms with E-state index in [1.807, 2.05) is 60.8 Å². The molecule has 4 heteroatoms. The first-order valence-electron chi connectivity index (χ1n) is 6.23. The van der Waals surface area contributed by atoms with Crippen molar-refractivity contribution in [2.45, 2.75) is 0 Å². The van der Waals surface area contributed by atoms with E-state index in [2.05, 4.69) is 0 Å². The van der Waals surface area contributed by atoms with E-state index in [0.717, 1.165) is 21.7 Å². The van der Waals surface area contributed by atoms with Crippen LogP contribution in [0.25, 0.3) is 18.0 Å². The van der Waals surface area contributed by atoms with E-state index in [1.54, 1.807) is 5.01 Å². The van der Waals surface area contributed by atoms with Gasteiger partial charge in [0.15, 0.2) is 0 Å². The van der Waals surface area contributed by atoms with Gasteiger partial charge < -0.3 is 5.73 Å². The number of hydrazine groups is 1. The van der Waals surface area contributed by atoms with Crippen molar-refractivity contribution in [1.29, 1.82) is 0 Å². The number of nitrogens with two attached hydrogens (primary N) is 2. The summed E-state index contributed by atoms with van der Waals surface area (Å²) in [5.74, 6) is 6.04. The standard InChI is InChI=1S/C16H14ClN3/c17-14-7-5-11(6-8-14)16(18)15-9-12-3-1-2-4-13(12)10-20(15)19/h1-10H,18-19H2/b16-15-.